The average molecular weight is 365 g/mol. The van der Waals surface area contributed by atoms with E-state index in [9.17, 15) is 19.2 Å². The van der Waals surface area contributed by atoms with Gasteiger partial charge in [-0.15, -0.1) is 0 Å². The smallest absolute Gasteiger partial charge is 0.351 e. The van der Waals surface area contributed by atoms with E-state index in [1.54, 1.807) is 0 Å². The van der Waals surface area contributed by atoms with Gasteiger partial charge in [-0.25, -0.2) is 4.79 Å². The third kappa shape index (κ3) is 4.54. The molecule has 1 fully saturated rings. The van der Waals surface area contributed by atoms with Crippen molar-refractivity contribution in [2.45, 2.75) is 52.9 Å². The topological polar surface area (TPSA) is 117 Å². The number of nitrogens with zero attached hydrogens (tertiary/aromatic N) is 2. The fraction of sp³-hybridized carbons (Fsp3) is 0.588. The molecule has 2 heterocycles. The number of aromatic nitrogens is 2. The second kappa shape index (κ2) is 7.77. The minimum absolute atomic E-state index is 0.0121. The molecule has 0 unspecified atom stereocenters. The van der Waals surface area contributed by atoms with Crippen LogP contribution in [-0.4, -0.2) is 39.9 Å². The third-order valence-electron chi connectivity index (χ3n) is 4.32. The van der Waals surface area contributed by atoms with E-state index in [1.165, 1.54) is 44.5 Å². The van der Waals surface area contributed by atoms with Gasteiger partial charge in [-0.1, -0.05) is 0 Å². The molecule has 0 radical (unpaired) electrons. The van der Waals surface area contributed by atoms with Crippen LogP contribution in [0.15, 0.2) is 17.1 Å². The fourth-order valence-electron chi connectivity index (χ4n) is 2.39. The quantitative estimate of drug-likeness (QED) is 0.591. The summed E-state index contributed by atoms with van der Waals surface area (Å²) in [5.74, 6) is -1.02. The Labute approximate surface area is 150 Å². The van der Waals surface area contributed by atoms with Gasteiger partial charge in [-0.05, 0) is 39.7 Å². The monoisotopic (exact) mass is 365 g/mol. The summed E-state index contributed by atoms with van der Waals surface area (Å²) in [5.41, 5.74) is -1.74. The Bertz CT molecular complexity index is 770. The van der Waals surface area contributed by atoms with Gasteiger partial charge in [0.25, 0.3) is 0 Å². The molecule has 9 nitrogen and oxygen atoms in total. The molecule has 1 N–H and O–H groups in total. The Morgan fingerprint density at radius 2 is 2.04 bits per heavy atom. The molecule has 1 aliphatic heterocycles. The number of amides is 1. The molecule has 142 valence electrons. The molecule has 0 aliphatic carbocycles. The number of ketones is 1. The number of carbonyl (C=O) groups excluding carboxylic acids is 3. The zero-order valence-corrected chi connectivity index (χ0v) is 15.3. The summed E-state index contributed by atoms with van der Waals surface area (Å²) in [6.45, 7) is 5.70. The minimum Gasteiger partial charge on any atom is -0.462 e. The number of rotatable bonds is 6. The number of Topliss-reactive ketones (excluding diaryl/α,β-unsaturated/α-hetero) is 1. The Morgan fingerprint density at radius 3 is 2.62 bits per heavy atom. The van der Waals surface area contributed by atoms with E-state index in [4.69, 9.17) is 9.47 Å². The molecule has 1 aromatic rings. The van der Waals surface area contributed by atoms with Crippen molar-refractivity contribution in [1.29, 1.82) is 0 Å². The van der Waals surface area contributed by atoms with Crippen LogP contribution in [0.1, 0.15) is 46.8 Å². The summed E-state index contributed by atoms with van der Waals surface area (Å²) in [5, 5.41) is 2.44. The van der Waals surface area contributed by atoms with Crippen LogP contribution in [0.5, 0.6) is 0 Å². The van der Waals surface area contributed by atoms with Gasteiger partial charge in [0.1, 0.15) is 29.9 Å². The van der Waals surface area contributed by atoms with Gasteiger partial charge >= 0.3 is 11.7 Å². The molecule has 26 heavy (non-hydrogen) atoms. The van der Waals surface area contributed by atoms with Gasteiger partial charge < -0.3 is 14.8 Å². The van der Waals surface area contributed by atoms with Crippen molar-refractivity contribution in [1.82, 2.24) is 9.55 Å². The van der Waals surface area contributed by atoms with E-state index >= 15 is 0 Å². The SMILES string of the molecule is CC(=O)Nc1ccn([C@H]2CC[C@@H](COC(=O)C(C)(C)C(C)=O)O2)c(=O)n1. The zero-order valence-electron chi connectivity index (χ0n) is 15.3. The van der Waals surface area contributed by atoms with Crippen molar-refractivity contribution in [3.63, 3.8) is 0 Å². The summed E-state index contributed by atoms with van der Waals surface area (Å²) in [6, 6.07) is 1.51. The molecule has 1 aliphatic rings. The van der Waals surface area contributed by atoms with E-state index in [2.05, 4.69) is 10.3 Å². The van der Waals surface area contributed by atoms with Gasteiger partial charge in [-0.2, -0.15) is 4.98 Å². The summed E-state index contributed by atoms with van der Waals surface area (Å²) >= 11 is 0. The minimum atomic E-state index is -1.20. The molecule has 2 rings (SSSR count). The maximum Gasteiger partial charge on any atom is 0.351 e. The Hall–Kier alpha value is -2.55. The normalized spacial score (nSPS) is 19.8. The lowest BCUT2D eigenvalue weighted by molar-refractivity contribution is -0.161. The maximum absolute atomic E-state index is 12.1. The molecule has 0 spiro atoms. The van der Waals surface area contributed by atoms with Crippen LogP contribution in [-0.2, 0) is 23.9 Å². The molecule has 2 atom stereocenters. The number of nitrogens with one attached hydrogen (secondary N) is 1. The number of ether oxygens (including phenoxy) is 2. The summed E-state index contributed by atoms with van der Waals surface area (Å²) in [6.07, 6.45) is 1.76. The van der Waals surface area contributed by atoms with Crippen LogP contribution in [0.4, 0.5) is 5.82 Å². The second-order valence-electron chi connectivity index (χ2n) is 6.75. The molecular weight excluding hydrogens is 342 g/mol. The summed E-state index contributed by atoms with van der Waals surface area (Å²) in [4.78, 5) is 50.3. The molecule has 0 aromatic carbocycles. The molecule has 0 saturated carbocycles. The second-order valence-corrected chi connectivity index (χ2v) is 6.75. The molecule has 9 heteroatoms. The van der Waals surface area contributed by atoms with E-state index in [0.29, 0.717) is 12.8 Å². The van der Waals surface area contributed by atoms with Crippen LogP contribution in [0.3, 0.4) is 0 Å². The first-order chi connectivity index (χ1) is 12.1. The van der Waals surface area contributed by atoms with Gasteiger partial charge in [0.05, 0.1) is 6.10 Å². The standard InChI is InChI=1S/C17H23N3O6/c1-10(21)17(3,4)15(23)25-9-12-5-6-14(26-12)20-8-7-13(18-11(2)22)19-16(20)24/h7-8,12,14H,5-6,9H2,1-4H3,(H,18,19,22,24)/t12-,14+/m0/s1. The van der Waals surface area contributed by atoms with Gasteiger partial charge in [-0.3, -0.25) is 19.0 Å². The van der Waals surface area contributed by atoms with Crippen molar-refractivity contribution in [3.8, 4) is 0 Å². The lowest BCUT2D eigenvalue weighted by Gasteiger charge is -2.21. The highest BCUT2D eigenvalue weighted by molar-refractivity contribution is 6.01. The average Bonchev–Trinajstić information content (AvgIpc) is 3.00. The van der Waals surface area contributed by atoms with Crippen LogP contribution < -0.4 is 11.0 Å². The number of esters is 1. The van der Waals surface area contributed by atoms with Crippen molar-refractivity contribution in [3.05, 3.63) is 22.7 Å². The maximum atomic E-state index is 12.1. The number of hydrogen-bond donors (Lipinski definition) is 1. The Kier molecular flexibility index (Phi) is 5.91. The van der Waals surface area contributed by atoms with Crippen LogP contribution >= 0.6 is 0 Å². The van der Waals surface area contributed by atoms with Gasteiger partial charge in [0.2, 0.25) is 5.91 Å². The Balaban J connectivity index is 1.94. The van der Waals surface area contributed by atoms with Crippen molar-refractivity contribution in [2.24, 2.45) is 5.41 Å². The largest absolute Gasteiger partial charge is 0.462 e. The van der Waals surface area contributed by atoms with Crippen molar-refractivity contribution >= 4 is 23.5 Å². The Morgan fingerprint density at radius 1 is 1.35 bits per heavy atom. The molecule has 1 aromatic heterocycles. The zero-order chi connectivity index (χ0) is 19.5. The lowest BCUT2D eigenvalue weighted by Crippen LogP contribution is -2.35. The first kappa shape index (κ1) is 19.8. The highest BCUT2D eigenvalue weighted by Crippen LogP contribution is 2.28. The first-order valence-electron chi connectivity index (χ1n) is 8.31. The number of hydrogen-bond acceptors (Lipinski definition) is 7. The summed E-state index contributed by atoms with van der Waals surface area (Å²) < 4.78 is 12.3. The van der Waals surface area contributed by atoms with Gasteiger partial charge in [0, 0.05) is 13.1 Å². The molecule has 1 saturated heterocycles. The fourth-order valence-corrected chi connectivity index (χ4v) is 2.39. The van der Waals surface area contributed by atoms with E-state index in [0.717, 1.165) is 0 Å². The first-order valence-corrected chi connectivity index (χ1v) is 8.31. The molecular formula is C17H23N3O6. The van der Waals surface area contributed by atoms with Crippen LogP contribution in [0, 0.1) is 5.41 Å². The van der Waals surface area contributed by atoms with Gasteiger partial charge in [0.15, 0.2) is 0 Å². The lowest BCUT2D eigenvalue weighted by atomic mass is 9.89. The van der Waals surface area contributed by atoms with Crippen LogP contribution in [0.25, 0.3) is 0 Å². The summed E-state index contributed by atoms with van der Waals surface area (Å²) in [7, 11) is 0. The predicted molar refractivity (Wildman–Crippen MR) is 91.4 cm³/mol. The predicted octanol–water partition coefficient (Wildman–Crippen LogP) is 1.04. The van der Waals surface area contributed by atoms with Crippen molar-refractivity contribution in [2.75, 3.05) is 11.9 Å². The highest BCUT2D eigenvalue weighted by atomic mass is 16.6. The molecule has 1 amide bonds. The van der Waals surface area contributed by atoms with E-state index in [1.807, 2.05) is 0 Å². The van der Waals surface area contributed by atoms with Crippen molar-refractivity contribution < 1.29 is 23.9 Å². The van der Waals surface area contributed by atoms with E-state index < -0.39 is 23.3 Å². The number of anilines is 1. The van der Waals surface area contributed by atoms with Crippen LogP contribution in [0.2, 0.25) is 0 Å². The number of carbonyl (C=O) groups is 3. The molecule has 0 bridgehead atoms. The van der Waals surface area contributed by atoms with E-state index in [-0.39, 0.29) is 30.2 Å². The third-order valence-corrected chi connectivity index (χ3v) is 4.32. The highest BCUT2D eigenvalue weighted by Gasteiger charge is 2.36.